The second-order valence-corrected chi connectivity index (χ2v) is 8.35. The third-order valence-electron chi connectivity index (χ3n) is 5.34. The van der Waals surface area contributed by atoms with Crippen molar-refractivity contribution in [3.63, 3.8) is 0 Å². The molecule has 0 aliphatic carbocycles. The Labute approximate surface area is 189 Å². The number of halogens is 2. The summed E-state index contributed by atoms with van der Waals surface area (Å²) in [4.78, 5) is 29.7. The molecule has 0 unspecified atom stereocenters. The van der Waals surface area contributed by atoms with Crippen LogP contribution in [0.15, 0.2) is 36.4 Å². The molecule has 0 bridgehead atoms. The number of rotatable bonds is 5. The van der Waals surface area contributed by atoms with Crippen LogP contribution in [0, 0.1) is 0 Å². The van der Waals surface area contributed by atoms with Gasteiger partial charge >= 0.3 is 6.03 Å². The van der Waals surface area contributed by atoms with E-state index in [-0.39, 0.29) is 24.9 Å². The van der Waals surface area contributed by atoms with Gasteiger partial charge in [0.1, 0.15) is 0 Å². The number of urea groups is 1. The van der Waals surface area contributed by atoms with Crippen molar-refractivity contribution >= 4 is 51.7 Å². The van der Waals surface area contributed by atoms with Crippen LogP contribution in [0.2, 0.25) is 10.0 Å². The van der Waals surface area contributed by atoms with Crippen molar-refractivity contribution in [3.05, 3.63) is 63.3 Å². The van der Waals surface area contributed by atoms with Gasteiger partial charge in [-0.1, -0.05) is 29.3 Å². The normalized spacial score (nSPS) is 13.2. The molecule has 1 aromatic heterocycles. The van der Waals surface area contributed by atoms with Gasteiger partial charge in [0.15, 0.2) is 0 Å². The predicted octanol–water partition coefficient (Wildman–Crippen LogP) is 4.03. The summed E-state index contributed by atoms with van der Waals surface area (Å²) in [5.41, 5.74) is 10.0. The molecule has 0 saturated carbocycles. The van der Waals surface area contributed by atoms with E-state index in [9.17, 15) is 9.59 Å². The first-order chi connectivity index (χ1) is 14.9. The molecule has 162 valence electrons. The van der Waals surface area contributed by atoms with Crippen LogP contribution in [0.4, 0.5) is 10.5 Å². The van der Waals surface area contributed by atoms with E-state index in [0.29, 0.717) is 35.4 Å². The van der Waals surface area contributed by atoms with E-state index in [4.69, 9.17) is 28.9 Å². The number of carbonyl (C=O) groups excluding carboxylic acids is 2. The number of nitrogens with one attached hydrogen (secondary N) is 3. The Morgan fingerprint density at radius 1 is 1.16 bits per heavy atom. The lowest BCUT2D eigenvalue weighted by atomic mass is 10.0. The fraction of sp³-hybridized carbons (Fsp3) is 0.273. The van der Waals surface area contributed by atoms with Gasteiger partial charge in [0.05, 0.1) is 17.3 Å². The Bertz CT molecular complexity index is 1140. The van der Waals surface area contributed by atoms with Gasteiger partial charge in [-0.2, -0.15) is 0 Å². The first kappa shape index (κ1) is 21.5. The lowest BCUT2D eigenvalue weighted by molar-refractivity contribution is -0.116. The summed E-state index contributed by atoms with van der Waals surface area (Å²) < 4.78 is 0. The maximum absolute atomic E-state index is 12.7. The molecular weight excluding hydrogens is 437 g/mol. The van der Waals surface area contributed by atoms with Crippen molar-refractivity contribution in [2.24, 2.45) is 5.73 Å². The Balaban J connectivity index is 1.39. The van der Waals surface area contributed by atoms with Crippen LogP contribution in [0.25, 0.3) is 10.9 Å². The highest BCUT2D eigenvalue weighted by Gasteiger charge is 2.24. The van der Waals surface area contributed by atoms with Gasteiger partial charge in [0.2, 0.25) is 5.91 Å². The topological polar surface area (TPSA) is 103 Å². The lowest BCUT2D eigenvalue weighted by Gasteiger charge is -2.27. The Kier molecular flexibility index (Phi) is 6.36. The molecule has 0 spiro atoms. The van der Waals surface area contributed by atoms with Crippen molar-refractivity contribution in [2.75, 3.05) is 18.4 Å². The van der Waals surface area contributed by atoms with E-state index >= 15 is 0 Å². The zero-order valence-electron chi connectivity index (χ0n) is 16.8. The number of amides is 3. The summed E-state index contributed by atoms with van der Waals surface area (Å²) in [6.45, 7) is 1.72. The number of aromatic nitrogens is 1. The van der Waals surface area contributed by atoms with Gasteiger partial charge in [-0.25, -0.2) is 4.79 Å². The quantitative estimate of drug-likeness (QED) is 0.462. The second-order valence-electron chi connectivity index (χ2n) is 7.50. The molecule has 5 N–H and O–H groups in total. The van der Waals surface area contributed by atoms with Crippen molar-refractivity contribution in [3.8, 4) is 0 Å². The maximum atomic E-state index is 12.7. The first-order valence-corrected chi connectivity index (χ1v) is 10.8. The minimum atomic E-state index is -0.200. The molecule has 31 heavy (non-hydrogen) atoms. The number of hydrogen-bond acceptors (Lipinski definition) is 3. The molecule has 7 nitrogen and oxygen atoms in total. The van der Waals surface area contributed by atoms with Gasteiger partial charge < -0.3 is 26.3 Å². The van der Waals surface area contributed by atoms with Crippen LogP contribution in [0.5, 0.6) is 0 Å². The van der Waals surface area contributed by atoms with E-state index < -0.39 is 0 Å². The van der Waals surface area contributed by atoms with Crippen molar-refractivity contribution in [1.29, 1.82) is 0 Å². The SMILES string of the molecule is NCCC(=O)Nc1cc(CNC(=O)N2CCc3c([nH]c4ccc(Cl)cc34)C2)ccc1Cl. The number of nitrogens with zero attached hydrogens (tertiary/aromatic N) is 1. The molecule has 9 heteroatoms. The minimum Gasteiger partial charge on any atom is -0.357 e. The van der Waals surface area contributed by atoms with Crippen LogP contribution < -0.4 is 16.4 Å². The molecule has 3 aromatic rings. The summed E-state index contributed by atoms with van der Waals surface area (Å²) in [7, 11) is 0. The number of hydrogen-bond donors (Lipinski definition) is 4. The lowest BCUT2D eigenvalue weighted by Crippen LogP contribution is -2.42. The number of fused-ring (bicyclic) bond motifs is 3. The van der Waals surface area contributed by atoms with Crippen LogP contribution in [-0.2, 0) is 24.3 Å². The highest BCUT2D eigenvalue weighted by atomic mass is 35.5. The molecule has 4 rings (SSSR count). The Hall–Kier alpha value is -2.74. The van der Waals surface area contributed by atoms with Gasteiger partial charge in [0, 0.05) is 47.7 Å². The van der Waals surface area contributed by atoms with Gasteiger partial charge in [0.25, 0.3) is 0 Å². The zero-order chi connectivity index (χ0) is 22.0. The second kappa shape index (κ2) is 9.18. The van der Waals surface area contributed by atoms with E-state index in [1.165, 1.54) is 5.56 Å². The van der Waals surface area contributed by atoms with Gasteiger partial charge in [-0.15, -0.1) is 0 Å². The van der Waals surface area contributed by atoms with Crippen LogP contribution in [0.1, 0.15) is 23.2 Å². The fourth-order valence-corrected chi connectivity index (χ4v) is 4.13. The van der Waals surface area contributed by atoms with Crippen molar-refractivity contribution < 1.29 is 9.59 Å². The number of H-pyrrole nitrogens is 1. The molecule has 0 radical (unpaired) electrons. The monoisotopic (exact) mass is 459 g/mol. The fourth-order valence-electron chi connectivity index (χ4n) is 3.80. The Morgan fingerprint density at radius 2 is 2.00 bits per heavy atom. The number of anilines is 1. The first-order valence-electron chi connectivity index (χ1n) is 10.0. The summed E-state index contributed by atoms with van der Waals surface area (Å²) in [6, 6.07) is 10.9. The predicted molar refractivity (Wildman–Crippen MR) is 123 cm³/mol. The Morgan fingerprint density at radius 3 is 2.81 bits per heavy atom. The number of benzene rings is 2. The standard InChI is InChI=1S/C22H23Cl2N5O2/c23-14-2-4-18-16(10-14)15-6-8-29(12-20(15)27-18)22(31)26-11-13-1-3-17(24)19(9-13)28-21(30)5-7-25/h1-4,9-10,27H,5-8,11-12,25H2,(H,26,31)(H,28,30). The minimum absolute atomic E-state index is 0.147. The molecule has 2 heterocycles. The van der Waals surface area contributed by atoms with Crippen LogP contribution in [-0.4, -0.2) is 34.9 Å². The largest absolute Gasteiger partial charge is 0.357 e. The van der Waals surface area contributed by atoms with Gasteiger partial charge in [-0.3, -0.25) is 4.79 Å². The molecule has 2 aromatic carbocycles. The molecule has 0 saturated heterocycles. The summed E-state index contributed by atoms with van der Waals surface area (Å²) in [6.07, 6.45) is 0.982. The maximum Gasteiger partial charge on any atom is 0.318 e. The molecule has 0 atom stereocenters. The van der Waals surface area contributed by atoms with Crippen molar-refractivity contribution in [2.45, 2.75) is 25.9 Å². The average Bonchev–Trinajstić information content (AvgIpc) is 3.11. The number of carbonyl (C=O) groups is 2. The number of aromatic amines is 1. The molecule has 1 aliphatic rings. The van der Waals surface area contributed by atoms with E-state index in [1.54, 1.807) is 17.0 Å². The molecular formula is C22H23Cl2N5O2. The van der Waals surface area contributed by atoms with E-state index in [2.05, 4.69) is 15.6 Å². The highest BCUT2D eigenvalue weighted by Crippen LogP contribution is 2.29. The molecule has 0 fully saturated rings. The summed E-state index contributed by atoms with van der Waals surface area (Å²) in [5.74, 6) is -0.200. The molecule has 3 amide bonds. The zero-order valence-corrected chi connectivity index (χ0v) is 18.3. The summed E-state index contributed by atoms with van der Waals surface area (Å²) >= 11 is 12.3. The smallest absolute Gasteiger partial charge is 0.318 e. The highest BCUT2D eigenvalue weighted by molar-refractivity contribution is 6.33. The molecule has 1 aliphatic heterocycles. The summed E-state index contributed by atoms with van der Waals surface area (Å²) in [5, 5.41) is 7.94. The van der Waals surface area contributed by atoms with Crippen molar-refractivity contribution in [1.82, 2.24) is 15.2 Å². The average molecular weight is 460 g/mol. The van der Waals surface area contributed by atoms with Crippen LogP contribution in [0.3, 0.4) is 0 Å². The van der Waals surface area contributed by atoms with E-state index in [1.807, 2.05) is 24.3 Å². The van der Waals surface area contributed by atoms with Gasteiger partial charge in [-0.05, 0) is 47.9 Å². The van der Waals surface area contributed by atoms with E-state index in [0.717, 1.165) is 28.6 Å². The number of nitrogens with two attached hydrogens (primary N) is 1. The van der Waals surface area contributed by atoms with Crippen LogP contribution >= 0.6 is 23.2 Å². The third-order valence-corrected chi connectivity index (χ3v) is 5.91. The third kappa shape index (κ3) is 4.79.